The number of carbonyl (C=O) groups is 2. The van der Waals surface area contributed by atoms with Crippen LogP contribution in [0.4, 0.5) is 0 Å². The van der Waals surface area contributed by atoms with Crippen LogP contribution >= 0.6 is 0 Å². The lowest BCUT2D eigenvalue weighted by Gasteiger charge is -2.25. The molecule has 0 atom stereocenters. The van der Waals surface area contributed by atoms with Crippen LogP contribution < -0.4 is 0 Å². The Morgan fingerprint density at radius 1 is 0.547 bits per heavy atom. The molecule has 9 nitrogen and oxygen atoms in total. The predicted molar refractivity (Wildman–Crippen MR) is 217 cm³/mol. The van der Waals surface area contributed by atoms with E-state index in [4.69, 9.17) is 9.47 Å². The number of hydrogen-bond donors (Lipinski definition) is 4. The third-order valence-electron chi connectivity index (χ3n) is 10.4. The number of esters is 2. The lowest BCUT2D eigenvalue weighted by atomic mass is 10.0. The highest BCUT2D eigenvalue weighted by Crippen LogP contribution is 2.21. The molecule has 0 aromatic carbocycles. The van der Waals surface area contributed by atoms with Crippen LogP contribution in [-0.2, 0) is 19.1 Å². The van der Waals surface area contributed by atoms with E-state index in [1.807, 2.05) is 4.90 Å². The molecule has 9 heteroatoms. The molecule has 0 aliphatic carbocycles. The minimum absolute atomic E-state index is 0.0622. The van der Waals surface area contributed by atoms with E-state index in [9.17, 15) is 30.0 Å². The van der Waals surface area contributed by atoms with Gasteiger partial charge in [-0.15, -0.1) is 0 Å². The number of ether oxygens (including phenoxy) is 2. The monoisotopic (exact) mass is 758 g/mol. The zero-order valence-corrected chi connectivity index (χ0v) is 35.0. The third kappa shape index (κ3) is 34.9. The number of aliphatic hydroxyl groups excluding tert-OH is 1. The molecule has 0 radical (unpaired) electrons. The molecular formula is C44H87NO8. The highest BCUT2D eigenvalue weighted by molar-refractivity contribution is 5.77. The molecule has 4 N–H and O–H groups in total. The highest BCUT2D eigenvalue weighted by Gasteiger charge is 2.36. The van der Waals surface area contributed by atoms with E-state index < -0.39 is 18.0 Å². The van der Waals surface area contributed by atoms with E-state index >= 15 is 0 Å². The van der Waals surface area contributed by atoms with Gasteiger partial charge in [-0.2, -0.15) is 0 Å². The molecule has 0 bridgehead atoms. The first-order valence-electron chi connectivity index (χ1n) is 22.6. The van der Waals surface area contributed by atoms with Gasteiger partial charge in [0.1, 0.15) is 6.10 Å². The summed E-state index contributed by atoms with van der Waals surface area (Å²) in [6, 6.07) is 0. The summed E-state index contributed by atoms with van der Waals surface area (Å²) in [6.07, 6.45) is 30.6. The van der Waals surface area contributed by atoms with Crippen molar-refractivity contribution in [3.63, 3.8) is 0 Å². The van der Waals surface area contributed by atoms with Crippen LogP contribution in [0.1, 0.15) is 226 Å². The number of nitrogens with zero attached hydrogens (tertiary/aromatic N) is 1. The van der Waals surface area contributed by atoms with Gasteiger partial charge in [-0.1, -0.05) is 156 Å². The smallest absolute Gasteiger partial charge is 0.366 e. The van der Waals surface area contributed by atoms with Crippen LogP contribution in [0, 0.1) is 0 Å². The lowest BCUT2D eigenvalue weighted by molar-refractivity contribution is -0.217. The molecule has 0 aromatic rings. The summed E-state index contributed by atoms with van der Waals surface area (Å²) in [5.74, 6) is -3.53. The van der Waals surface area contributed by atoms with Gasteiger partial charge < -0.3 is 29.9 Å². The van der Waals surface area contributed by atoms with Crippen molar-refractivity contribution in [3.8, 4) is 0 Å². The number of hydrogen-bond acceptors (Lipinski definition) is 9. The molecule has 0 aromatic heterocycles. The highest BCUT2D eigenvalue weighted by atomic mass is 16.6. The zero-order chi connectivity index (χ0) is 39.3. The van der Waals surface area contributed by atoms with Crippen molar-refractivity contribution in [1.29, 1.82) is 0 Å². The molecule has 0 amide bonds. The number of carbonyl (C=O) groups excluding carboxylic acids is 2. The Hall–Kier alpha value is -1.26. The van der Waals surface area contributed by atoms with E-state index in [1.165, 1.54) is 96.3 Å². The Bertz CT molecular complexity index is 792. The van der Waals surface area contributed by atoms with Crippen LogP contribution in [0.5, 0.6) is 0 Å². The van der Waals surface area contributed by atoms with Gasteiger partial charge in [-0.05, 0) is 70.9 Å². The third-order valence-corrected chi connectivity index (χ3v) is 10.4. The summed E-state index contributed by atoms with van der Waals surface area (Å²) in [5, 5.41) is 40.3. The van der Waals surface area contributed by atoms with Crippen LogP contribution in [0.25, 0.3) is 0 Å². The minimum Gasteiger partial charge on any atom is -0.466 e. The maximum atomic E-state index is 12.8. The standard InChI is InChI=1S/C44H87NO8/c1-4-7-10-13-16-17-18-23-31-38-52-42(48)34-27-24-30-37-45(39-41(46)47)36-29-22-21-28-35-44(50,51)43(49)53-40(32-25-19-14-11-8-5-2)33-26-20-15-12-9-6-3/h40-41,46-47,50-51H,4-39H2,1-3H3. The number of unbranched alkanes of at least 4 members (excludes halogenated alkanes) is 23. The molecule has 0 aliphatic rings. The largest absolute Gasteiger partial charge is 0.466 e. The topological polar surface area (TPSA) is 137 Å². The minimum atomic E-state index is -2.48. The van der Waals surface area contributed by atoms with Gasteiger partial charge in [0, 0.05) is 19.4 Å². The molecule has 0 saturated heterocycles. The molecule has 0 fully saturated rings. The second-order valence-corrected chi connectivity index (χ2v) is 15.8. The number of aliphatic hydroxyl groups is 4. The summed E-state index contributed by atoms with van der Waals surface area (Å²) in [6.45, 7) is 8.74. The van der Waals surface area contributed by atoms with Gasteiger partial charge in [-0.3, -0.25) is 9.69 Å². The van der Waals surface area contributed by atoms with Crippen molar-refractivity contribution in [3.05, 3.63) is 0 Å². The van der Waals surface area contributed by atoms with E-state index in [0.29, 0.717) is 32.5 Å². The van der Waals surface area contributed by atoms with Gasteiger partial charge in [-0.25, -0.2) is 4.79 Å². The molecule has 0 saturated carbocycles. The summed E-state index contributed by atoms with van der Waals surface area (Å²) in [5.41, 5.74) is 0. The fourth-order valence-electron chi connectivity index (χ4n) is 6.95. The Morgan fingerprint density at radius 3 is 1.45 bits per heavy atom. The van der Waals surface area contributed by atoms with Crippen molar-refractivity contribution in [2.24, 2.45) is 0 Å². The molecule has 53 heavy (non-hydrogen) atoms. The Morgan fingerprint density at radius 2 is 0.962 bits per heavy atom. The van der Waals surface area contributed by atoms with Crippen molar-refractivity contribution in [2.75, 3.05) is 26.2 Å². The zero-order valence-electron chi connectivity index (χ0n) is 35.0. The SMILES string of the molecule is CCCCCCCCCCCOC(=O)CCCCCN(CCCCCCC(O)(O)C(=O)OC(CCCCCCCC)CCCCCCCC)CC(O)O. The van der Waals surface area contributed by atoms with Crippen LogP contribution in [-0.4, -0.2) is 81.7 Å². The predicted octanol–water partition coefficient (Wildman–Crippen LogP) is 10.3. The molecule has 0 heterocycles. The van der Waals surface area contributed by atoms with Gasteiger partial charge in [0.15, 0.2) is 6.29 Å². The summed E-state index contributed by atoms with van der Waals surface area (Å²) in [4.78, 5) is 27.0. The molecule has 316 valence electrons. The van der Waals surface area contributed by atoms with Crippen molar-refractivity contribution in [2.45, 2.75) is 244 Å². The molecular weight excluding hydrogens is 670 g/mol. The van der Waals surface area contributed by atoms with E-state index in [2.05, 4.69) is 20.8 Å². The molecule has 0 spiro atoms. The first-order chi connectivity index (χ1) is 25.7. The van der Waals surface area contributed by atoms with Crippen LogP contribution in [0.3, 0.4) is 0 Å². The van der Waals surface area contributed by atoms with Crippen LogP contribution in [0.15, 0.2) is 0 Å². The lowest BCUT2D eigenvalue weighted by Crippen LogP contribution is -2.41. The Labute approximate surface area is 326 Å². The van der Waals surface area contributed by atoms with Gasteiger partial charge in [0.2, 0.25) is 0 Å². The van der Waals surface area contributed by atoms with Crippen molar-refractivity contribution >= 4 is 11.9 Å². The average molecular weight is 758 g/mol. The van der Waals surface area contributed by atoms with E-state index in [0.717, 1.165) is 89.9 Å². The van der Waals surface area contributed by atoms with E-state index in [-0.39, 0.29) is 25.0 Å². The molecule has 0 rings (SSSR count). The average Bonchev–Trinajstić information content (AvgIpc) is 3.12. The summed E-state index contributed by atoms with van der Waals surface area (Å²) in [7, 11) is 0. The Balaban J connectivity index is 4.29. The normalized spacial score (nSPS) is 12.0. The molecule has 0 unspecified atom stereocenters. The number of rotatable bonds is 41. The quantitative estimate of drug-likeness (QED) is 0.0273. The molecule has 0 aliphatic heterocycles. The fourth-order valence-corrected chi connectivity index (χ4v) is 6.95. The summed E-state index contributed by atoms with van der Waals surface area (Å²) < 4.78 is 11.1. The second kappa shape index (κ2) is 37.7. The van der Waals surface area contributed by atoms with Crippen molar-refractivity contribution < 1.29 is 39.5 Å². The van der Waals surface area contributed by atoms with Gasteiger partial charge in [0.05, 0.1) is 6.61 Å². The fraction of sp³-hybridized carbons (Fsp3) is 0.955. The van der Waals surface area contributed by atoms with E-state index in [1.54, 1.807) is 0 Å². The van der Waals surface area contributed by atoms with Gasteiger partial charge in [0.25, 0.3) is 5.79 Å². The maximum Gasteiger partial charge on any atom is 0.366 e. The first kappa shape index (κ1) is 51.7. The van der Waals surface area contributed by atoms with Crippen molar-refractivity contribution in [1.82, 2.24) is 4.90 Å². The second-order valence-electron chi connectivity index (χ2n) is 15.8. The summed E-state index contributed by atoms with van der Waals surface area (Å²) >= 11 is 0. The first-order valence-corrected chi connectivity index (χ1v) is 22.6. The Kier molecular flexibility index (Phi) is 36.8. The van der Waals surface area contributed by atoms with Crippen LogP contribution in [0.2, 0.25) is 0 Å². The maximum absolute atomic E-state index is 12.8. The van der Waals surface area contributed by atoms with Gasteiger partial charge >= 0.3 is 11.9 Å².